The largest absolute Gasteiger partial charge is 0.349 e. The third-order valence-electron chi connectivity index (χ3n) is 4.45. The van der Waals surface area contributed by atoms with Crippen LogP contribution in [0.5, 0.6) is 0 Å². The van der Waals surface area contributed by atoms with Gasteiger partial charge in [0.15, 0.2) is 0 Å². The first-order valence-electron chi connectivity index (χ1n) is 9.14. The van der Waals surface area contributed by atoms with E-state index in [1.807, 2.05) is 43.4 Å². The highest BCUT2D eigenvalue weighted by Crippen LogP contribution is 2.21. The first kappa shape index (κ1) is 19.4. The SMILES string of the molecule is CN(CCC(=O)Nc1ccccc1Cl)Cc1ccc(C(=O)NC2CC2)cc1. The van der Waals surface area contributed by atoms with Gasteiger partial charge in [0.1, 0.15) is 0 Å². The molecule has 6 heteroatoms. The molecule has 5 nitrogen and oxygen atoms in total. The van der Waals surface area contributed by atoms with E-state index in [0.29, 0.717) is 41.8 Å². The molecule has 142 valence electrons. The zero-order chi connectivity index (χ0) is 19.2. The van der Waals surface area contributed by atoms with Crippen molar-refractivity contribution in [2.75, 3.05) is 18.9 Å². The molecule has 0 bridgehead atoms. The average molecular weight is 386 g/mol. The molecule has 0 spiro atoms. The number of anilines is 1. The Bertz CT molecular complexity index is 803. The fraction of sp³-hybridized carbons (Fsp3) is 0.333. The Morgan fingerprint density at radius 3 is 2.48 bits per heavy atom. The molecular formula is C21H24ClN3O2. The Morgan fingerprint density at radius 1 is 1.11 bits per heavy atom. The number of carbonyl (C=O) groups excluding carboxylic acids is 2. The van der Waals surface area contributed by atoms with Gasteiger partial charge in [0.05, 0.1) is 10.7 Å². The number of rotatable bonds is 8. The minimum Gasteiger partial charge on any atom is -0.349 e. The van der Waals surface area contributed by atoms with Crippen LogP contribution in [-0.2, 0) is 11.3 Å². The third kappa shape index (κ3) is 6.08. The summed E-state index contributed by atoms with van der Waals surface area (Å²) in [6, 6.07) is 15.2. The summed E-state index contributed by atoms with van der Waals surface area (Å²) in [5.74, 6) is -0.0734. The number of hydrogen-bond donors (Lipinski definition) is 2. The van der Waals surface area contributed by atoms with E-state index in [2.05, 4.69) is 15.5 Å². The van der Waals surface area contributed by atoms with Crippen molar-refractivity contribution in [1.82, 2.24) is 10.2 Å². The van der Waals surface area contributed by atoms with Crippen molar-refractivity contribution < 1.29 is 9.59 Å². The summed E-state index contributed by atoms with van der Waals surface area (Å²) < 4.78 is 0. The number of nitrogens with one attached hydrogen (secondary N) is 2. The second-order valence-corrected chi connectivity index (χ2v) is 7.37. The van der Waals surface area contributed by atoms with E-state index in [1.54, 1.807) is 12.1 Å². The predicted octanol–water partition coefficient (Wildman–Crippen LogP) is 3.69. The number of halogens is 1. The monoisotopic (exact) mass is 385 g/mol. The van der Waals surface area contributed by atoms with Gasteiger partial charge in [0.2, 0.25) is 5.91 Å². The summed E-state index contributed by atoms with van der Waals surface area (Å²) in [5.41, 5.74) is 2.42. The van der Waals surface area contributed by atoms with E-state index in [4.69, 9.17) is 11.6 Å². The van der Waals surface area contributed by atoms with Crippen molar-refractivity contribution in [2.45, 2.75) is 31.8 Å². The summed E-state index contributed by atoms with van der Waals surface area (Å²) in [4.78, 5) is 26.2. The molecule has 0 aromatic heterocycles. The average Bonchev–Trinajstić information content (AvgIpc) is 3.46. The Kier molecular flexibility index (Phi) is 6.48. The first-order chi connectivity index (χ1) is 13.0. The van der Waals surface area contributed by atoms with Gasteiger partial charge in [0.25, 0.3) is 5.91 Å². The Labute approximate surface area is 164 Å². The van der Waals surface area contributed by atoms with Crippen molar-refractivity contribution in [3.8, 4) is 0 Å². The fourth-order valence-corrected chi connectivity index (χ4v) is 2.90. The highest BCUT2D eigenvalue weighted by atomic mass is 35.5. The van der Waals surface area contributed by atoms with Crippen LogP contribution in [0.2, 0.25) is 5.02 Å². The van der Waals surface area contributed by atoms with E-state index < -0.39 is 0 Å². The van der Waals surface area contributed by atoms with Crippen molar-refractivity contribution >= 4 is 29.1 Å². The molecular weight excluding hydrogens is 362 g/mol. The maximum atomic E-state index is 12.1. The molecule has 27 heavy (non-hydrogen) atoms. The molecule has 2 aromatic carbocycles. The van der Waals surface area contributed by atoms with E-state index in [-0.39, 0.29) is 11.8 Å². The molecule has 0 atom stereocenters. The molecule has 1 saturated carbocycles. The summed E-state index contributed by atoms with van der Waals surface area (Å²) in [5, 5.41) is 6.34. The quantitative estimate of drug-likeness (QED) is 0.728. The number of hydrogen-bond acceptors (Lipinski definition) is 3. The third-order valence-corrected chi connectivity index (χ3v) is 4.78. The smallest absolute Gasteiger partial charge is 0.251 e. The summed E-state index contributed by atoms with van der Waals surface area (Å²) in [7, 11) is 1.97. The molecule has 1 fully saturated rings. The standard InChI is InChI=1S/C21H24ClN3O2/c1-25(13-12-20(26)24-19-5-3-2-4-18(19)22)14-15-6-8-16(9-7-15)21(27)23-17-10-11-17/h2-9,17H,10-14H2,1H3,(H,23,27)(H,24,26). The molecule has 2 amide bonds. The predicted molar refractivity (Wildman–Crippen MR) is 108 cm³/mol. The molecule has 1 aliphatic rings. The van der Waals surface area contributed by atoms with Gasteiger partial charge in [-0.05, 0) is 49.7 Å². The van der Waals surface area contributed by atoms with E-state index in [9.17, 15) is 9.59 Å². The van der Waals surface area contributed by atoms with Crippen LogP contribution in [0.4, 0.5) is 5.69 Å². The topological polar surface area (TPSA) is 61.4 Å². The number of benzene rings is 2. The van der Waals surface area contributed by atoms with Crippen LogP contribution in [0.3, 0.4) is 0 Å². The van der Waals surface area contributed by atoms with Crippen LogP contribution in [-0.4, -0.2) is 36.3 Å². The summed E-state index contributed by atoms with van der Waals surface area (Å²) in [6.07, 6.45) is 2.54. The molecule has 0 saturated heterocycles. The molecule has 0 aliphatic heterocycles. The lowest BCUT2D eigenvalue weighted by molar-refractivity contribution is -0.116. The van der Waals surface area contributed by atoms with Crippen molar-refractivity contribution in [3.63, 3.8) is 0 Å². The number of amides is 2. The van der Waals surface area contributed by atoms with Crippen LogP contribution in [0.1, 0.15) is 35.2 Å². The lowest BCUT2D eigenvalue weighted by atomic mass is 10.1. The van der Waals surface area contributed by atoms with Crippen molar-refractivity contribution in [3.05, 3.63) is 64.7 Å². The Balaban J connectivity index is 1.43. The van der Waals surface area contributed by atoms with Crippen LogP contribution < -0.4 is 10.6 Å². The minimum atomic E-state index is -0.0676. The van der Waals surface area contributed by atoms with Gasteiger partial charge in [-0.1, -0.05) is 35.9 Å². The Hall–Kier alpha value is -2.37. The molecule has 2 N–H and O–H groups in total. The van der Waals surface area contributed by atoms with Gasteiger partial charge in [0, 0.05) is 31.1 Å². The number of para-hydroxylation sites is 1. The van der Waals surface area contributed by atoms with Gasteiger partial charge in [-0.2, -0.15) is 0 Å². The fourth-order valence-electron chi connectivity index (χ4n) is 2.72. The zero-order valence-electron chi connectivity index (χ0n) is 15.4. The highest BCUT2D eigenvalue weighted by Gasteiger charge is 2.23. The highest BCUT2D eigenvalue weighted by molar-refractivity contribution is 6.33. The second-order valence-electron chi connectivity index (χ2n) is 6.96. The molecule has 1 aliphatic carbocycles. The van der Waals surface area contributed by atoms with E-state index in [0.717, 1.165) is 18.4 Å². The van der Waals surface area contributed by atoms with Crippen LogP contribution in [0, 0.1) is 0 Å². The van der Waals surface area contributed by atoms with Gasteiger partial charge in [-0.25, -0.2) is 0 Å². The molecule has 0 unspecified atom stereocenters. The zero-order valence-corrected chi connectivity index (χ0v) is 16.1. The van der Waals surface area contributed by atoms with Crippen LogP contribution in [0.25, 0.3) is 0 Å². The van der Waals surface area contributed by atoms with E-state index in [1.165, 1.54) is 0 Å². The molecule has 3 rings (SSSR count). The number of carbonyl (C=O) groups is 2. The lowest BCUT2D eigenvalue weighted by Crippen LogP contribution is -2.25. The molecule has 2 aromatic rings. The summed E-state index contributed by atoms with van der Waals surface area (Å²) in [6.45, 7) is 1.34. The van der Waals surface area contributed by atoms with Gasteiger partial charge in [-0.3, -0.25) is 9.59 Å². The first-order valence-corrected chi connectivity index (χ1v) is 9.52. The van der Waals surface area contributed by atoms with Crippen molar-refractivity contribution in [2.24, 2.45) is 0 Å². The van der Waals surface area contributed by atoms with Gasteiger partial charge in [-0.15, -0.1) is 0 Å². The van der Waals surface area contributed by atoms with Crippen LogP contribution in [0.15, 0.2) is 48.5 Å². The lowest BCUT2D eigenvalue weighted by Gasteiger charge is -2.17. The maximum Gasteiger partial charge on any atom is 0.251 e. The summed E-state index contributed by atoms with van der Waals surface area (Å²) >= 11 is 6.05. The van der Waals surface area contributed by atoms with Gasteiger partial charge < -0.3 is 15.5 Å². The van der Waals surface area contributed by atoms with Crippen molar-refractivity contribution in [1.29, 1.82) is 0 Å². The second kappa shape index (κ2) is 9.02. The molecule has 0 radical (unpaired) electrons. The van der Waals surface area contributed by atoms with E-state index >= 15 is 0 Å². The van der Waals surface area contributed by atoms with Crippen LogP contribution >= 0.6 is 11.6 Å². The maximum absolute atomic E-state index is 12.1. The minimum absolute atomic E-state index is 0.00588. The normalized spacial score (nSPS) is 13.4. The Morgan fingerprint density at radius 2 is 1.81 bits per heavy atom. The van der Waals surface area contributed by atoms with Gasteiger partial charge >= 0.3 is 0 Å². The molecule has 0 heterocycles. The number of nitrogens with zero attached hydrogens (tertiary/aromatic N) is 1.